The van der Waals surface area contributed by atoms with Gasteiger partial charge in [0.1, 0.15) is 6.10 Å². The monoisotopic (exact) mass is 702 g/mol. The molecule has 5 nitrogen and oxygen atoms in total. The molecule has 0 saturated carbocycles. The summed E-state index contributed by atoms with van der Waals surface area (Å²) in [5, 5.41) is 33.1. The molecular weight excluding hydrogens is 618 g/mol. The molecular formula is C45H83NO4. The average molecular weight is 702 g/mol. The summed E-state index contributed by atoms with van der Waals surface area (Å²) in [6, 6.07) is -0.819. The van der Waals surface area contributed by atoms with E-state index < -0.39 is 24.2 Å². The van der Waals surface area contributed by atoms with Crippen LogP contribution in [0.25, 0.3) is 0 Å². The van der Waals surface area contributed by atoms with Gasteiger partial charge < -0.3 is 20.6 Å². The lowest BCUT2D eigenvalue weighted by Gasteiger charge is -2.21. The van der Waals surface area contributed by atoms with Crippen LogP contribution >= 0.6 is 0 Å². The summed E-state index contributed by atoms with van der Waals surface area (Å²) < 4.78 is 0. The molecule has 0 aliphatic heterocycles. The SMILES string of the molecule is CCCCC/C=C\C/C=C\CCCCCCCCC(O)C(=O)NC(CO)C(O)/C=C/CC/C=C/CCCCCCCCCCCCCCCC. The Morgan fingerprint density at radius 3 is 1.38 bits per heavy atom. The van der Waals surface area contributed by atoms with Crippen molar-refractivity contribution in [3.05, 3.63) is 48.6 Å². The Balaban J connectivity index is 3.76. The van der Waals surface area contributed by atoms with Gasteiger partial charge in [0.25, 0.3) is 0 Å². The predicted molar refractivity (Wildman–Crippen MR) is 217 cm³/mol. The molecule has 0 rings (SSSR count). The van der Waals surface area contributed by atoms with E-state index in [-0.39, 0.29) is 6.61 Å². The molecule has 1 amide bonds. The van der Waals surface area contributed by atoms with Gasteiger partial charge in [-0.2, -0.15) is 0 Å². The molecule has 0 heterocycles. The van der Waals surface area contributed by atoms with E-state index in [2.05, 4.69) is 55.6 Å². The Hall–Kier alpha value is -1.69. The van der Waals surface area contributed by atoms with Crippen molar-refractivity contribution in [2.24, 2.45) is 0 Å². The molecule has 0 radical (unpaired) electrons. The predicted octanol–water partition coefficient (Wildman–Crippen LogP) is 12.2. The summed E-state index contributed by atoms with van der Waals surface area (Å²) in [5.41, 5.74) is 0. The van der Waals surface area contributed by atoms with E-state index in [1.54, 1.807) is 6.08 Å². The van der Waals surface area contributed by atoms with Gasteiger partial charge in [0.15, 0.2) is 0 Å². The number of aliphatic hydroxyl groups excluding tert-OH is 3. The number of nitrogens with one attached hydrogen (secondary N) is 1. The number of unbranched alkanes of at least 4 members (excludes halogenated alkanes) is 24. The number of amides is 1. The smallest absolute Gasteiger partial charge is 0.249 e. The second kappa shape index (κ2) is 40.1. The zero-order valence-electron chi connectivity index (χ0n) is 33.0. The molecule has 0 aromatic carbocycles. The topological polar surface area (TPSA) is 89.8 Å². The van der Waals surface area contributed by atoms with Crippen molar-refractivity contribution in [2.75, 3.05) is 6.61 Å². The fourth-order valence-electron chi connectivity index (χ4n) is 6.23. The minimum absolute atomic E-state index is 0.381. The highest BCUT2D eigenvalue weighted by Gasteiger charge is 2.22. The number of allylic oxidation sites excluding steroid dienone is 7. The molecule has 3 atom stereocenters. The van der Waals surface area contributed by atoms with E-state index in [0.717, 1.165) is 51.4 Å². The molecule has 0 bridgehead atoms. The number of carbonyl (C=O) groups excluding carboxylic acids is 1. The molecule has 5 heteroatoms. The first-order chi connectivity index (χ1) is 24.6. The van der Waals surface area contributed by atoms with Crippen LogP contribution < -0.4 is 5.32 Å². The largest absolute Gasteiger partial charge is 0.394 e. The molecule has 0 fully saturated rings. The lowest BCUT2D eigenvalue weighted by Crippen LogP contribution is -2.48. The molecule has 3 unspecified atom stereocenters. The first-order valence-corrected chi connectivity index (χ1v) is 21.5. The van der Waals surface area contributed by atoms with E-state index in [1.807, 2.05) is 6.08 Å². The zero-order valence-corrected chi connectivity index (χ0v) is 33.0. The standard InChI is InChI=1S/C45H83NO4/c1-3-5-7-9-11-13-15-17-19-21-22-23-24-26-27-29-31-33-35-37-39-43(48)42(41-47)46-45(50)44(49)40-38-36-34-32-30-28-25-20-18-16-14-12-10-8-6-4-2/h12,14,18,20,29,31,37,39,42-44,47-49H,3-11,13,15-17,19,21-28,30,32-36,38,40-41H2,1-2H3,(H,46,50)/b14-12-,20-18-,31-29+,39-37+. The normalized spacial score (nSPS) is 14.1. The maximum atomic E-state index is 12.4. The van der Waals surface area contributed by atoms with Crippen molar-refractivity contribution < 1.29 is 20.1 Å². The Labute approximate surface area is 310 Å². The van der Waals surface area contributed by atoms with E-state index >= 15 is 0 Å². The van der Waals surface area contributed by atoms with Gasteiger partial charge in [-0.3, -0.25) is 4.79 Å². The molecule has 0 saturated heterocycles. The summed E-state index contributed by atoms with van der Waals surface area (Å²) >= 11 is 0. The third kappa shape index (κ3) is 34.7. The van der Waals surface area contributed by atoms with Crippen molar-refractivity contribution in [1.82, 2.24) is 5.32 Å². The summed E-state index contributed by atoms with van der Waals surface area (Å²) in [5.74, 6) is -0.523. The highest BCUT2D eigenvalue weighted by atomic mass is 16.3. The fraction of sp³-hybridized carbons (Fsp3) is 0.800. The quantitative estimate of drug-likeness (QED) is 0.0381. The Kier molecular flexibility index (Phi) is 38.7. The second-order valence-electron chi connectivity index (χ2n) is 14.5. The van der Waals surface area contributed by atoms with Gasteiger partial charge in [-0.05, 0) is 64.2 Å². The molecule has 0 aromatic heterocycles. The van der Waals surface area contributed by atoms with Crippen molar-refractivity contribution >= 4 is 5.91 Å². The third-order valence-electron chi connectivity index (χ3n) is 9.64. The van der Waals surface area contributed by atoms with Crippen LogP contribution in [0.2, 0.25) is 0 Å². The van der Waals surface area contributed by atoms with Crippen LogP contribution in [-0.4, -0.2) is 46.1 Å². The van der Waals surface area contributed by atoms with Crippen molar-refractivity contribution in [3.63, 3.8) is 0 Å². The maximum absolute atomic E-state index is 12.4. The number of hydrogen-bond donors (Lipinski definition) is 4. The summed E-state index contributed by atoms with van der Waals surface area (Å²) in [7, 11) is 0. The molecule has 4 N–H and O–H groups in total. The Bertz CT molecular complexity index is 820. The van der Waals surface area contributed by atoms with Crippen LogP contribution in [0.15, 0.2) is 48.6 Å². The lowest BCUT2D eigenvalue weighted by molar-refractivity contribution is -0.131. The van der Waals surface area contributed by atoms with Crippen molar-refractivity contribution in [1.29, 1.82) is 0 Å². The lowest BCUT2D eigenvalue weighted by atomic mass is 10.0. The number of hydrogen-bond acceptors (Lipinski definition) is 4. The Morgan fingerprint density at radius 1 is 0.500 bits per heavy atom. The van der Waals surface area contributed by atoms with Gasteiger partial charge in [-0.25, -0.2) is 0 Å². The second-order valence-corrected chi connectivity index (χ2v) is 14.5. The molecule has 292 valence electrons. The van der Waals surface area contributed by atoms with E-state index in [4.69, 9.17) is 0 Å². The number of aliphatic hydroxyl groups is 3. The van der Waals surface area contributed by atoms with Gasteiger partial charge >= 0.3 is 0 Å². The molecule has 0 aromatic rings. The third-order valence-corrected chi connectivity index (χ3v) is 9.64. The minimum atomic E-state index is -1.11. The van der Waals surface area contributed by atoms with Crippen LogP contribution in [0.1, 0.15) is 206 Å². The first kappa shape index (κ1) is 48.3. The molecule has 0 aliphatic carbocycles. The highest BCUT2D eigenvalue weighted by Crippen LogP contribution is 2.14. The minimum Gasteiger partial charge on any atom is -0.394 e. The van der Waals surface area contributed by atoms with E-state index in [9.17, 15) is 20.1 Å². The maximum Gasteiger partial charge on any atom is 0.249 e. The van der Waals surface area contributed by atoms with Crippen molar-refractivity contribution in [2.45, 2.75) is 225 Å². The van der Waals surface area contributed by atoms with Crippen LogP contribution in [-0.2, 0) is 4.79 Å². The molecule has 0 spiro atoms. The van der Waals surface area contributed by atoms with E-state index in [0.29, 0.717) is 6.42 Å². The molecule has 0 aliphatic rings. The van der Waals surface area contributed by atoms with Crippen LogP contribution in [0, 0.1) is 0 Å². The van der Waals surface area contributed by atoms with Gasteiger partial charge in [-0.1, -0.05) is 191 Å². The van der Waals surface area contributed by atoms with Gasteiger partial charge in [0.2, 0.25) is 5.91 Å². The number of carbonyl (C=O) groups is 1. The van der Waals surface area contributed by atoms with Crippen LogP contribution in [0.4, 0.5) is 0 Å². The van der Waals surface area contributed by atoms with Gasteiger partial charge in [-0.15, -0.1) is 0 Å². The summed E-state index contributed by atoms with van der Waals surface area (Å²) in [6.07, 6.45) is 51.4. The average Bonchev–Trinajstić information content (AvgIpc) is 3.12. The fourth-order valence-corrected chi connectivity index (χ4v) is 6.23. The summed E-state index contributed by atoms with van der Waals surface area (Å²) in [6.45, 7) is 4.14. The summed E-state index contributed by atoms with van der Waals surface area (Å²) in [4.78, 5) is 12.4. The Morgan fingerprint density at radius 2 is 0.880 bits per heavy atom. The first-order valence-electron chi connectivity index (χ1n) is 21.5. The van der Waals surface area contributed by atoms with Crippen LogP contribution in [0.3, 0.4) is 0 Å². The van der Waals surface area contributed by atoms with Crippen LogP contribution in [0.5, 0.6) is 0 Å². The number of rotatable bonds is 38. The van der Waals surface area contributed by atoms with E-state index in [1.165, 1.54) is 135 Å². The van der Waals surface area contributed by atoms with Gasteiger partial charge in [0, 0.05) is 0 Å². The van der Waals surface area contributed by atoms with Gasteiger partial charge in [0.05, 0.1) is 18.8 Å². The molecule has 50 heavy (non-hydrogen) atoms. The van der Waals surface area contributed by atoms with Crippen molar-refractivity contribution in [3.8, 4) is 0 Å². The zero-order chi connectivity index (χ0) is 36.6. The highest BCUT2D eigenvalue weighted by molar-refractivity contribution is 5.80.